The molecule has 1 aromatic heterocycles. The Kier molecular flexibility index (Phi) is 5.08. The van der Waals surface area contributed by atoms with Crippen LogP contribution in [0.5, 0.6) is 0 Å². The third kappa shape index (κ3) is 3.44. The van der Waals surface area contributed by atoms with Gasteiger partial charge in [-0.15, -0.1) is 0 Å². The number of fused-ring (bicyclic) bond motifs is 2. The minimum atomic E-state index is -3.67. The minimum absolute atomic E-state index is 0.146. The van der Waals surface area contributed by atoms with Crippen molar-refractivity contribution in [1.29, 1.82) is 0 Å². The molecular weight excluding hydrogens is 438 g/mol. The van der Waals surface area contributed by atoms with Gasteiger partial charge in [-0.1, -0.05) is 29.8 Å². The first-order chi connectivity index (χ1) is 15.0. The smallest absolute Gasteiger partial charge is 0.414 e. The number of benzene rings is 2. The van der Waals surface area contributed by atoms with E-state index in [9.17, 15) is 13.2 Å². The average Bonchev–Trinajstić information content (AvgIpc) is 2.79. The largest absolute Gasteiger partial charge is 0.444 e. The fourth-order valence-corrected chi connectivity index (χ4v) is 6.27. The molecule has 160 valence electrons. The van der Waals surface area contributed by atoms with E-state index < -0.39 is 16.1 Å². The van der Waals surface area contributed by atoms with Gasteiger partial charge in [-0.3, -0.25) is 9.88 Å². The maximum Gasteiger partial charge on any atom is 0.414 e. The van der Waals surface area contributed by atoms with Gasteiger partial charge in [-0.05, 0) is 37.1 Å². The zero-order valence-corrected chi connectivity index (χ0v) is 18.1. The van der Waals surface area contributed by atoms with Crippen LogP contribution in [0.1, 0.15) is 18.4 Å². The van der Waals surface area contributed by atoms with E-state index in [1.54, 1.807) is 41.6 Å². The van der Waals surface area contributed by atoms with Crippen molar-refractivity contribution in [3.63, 3.8) is 0 Å². The van der Waals surface area contributed by atoms with Crippen LogP contribution < -0.4 is 4.90 Å². The Labute approximate surface area is 185 Å². The molecule has 9 heteroatoms. The van der Waals surface area contributed by atoms with Crippen molar-refractivity contribution in [3.8, 4) is 0 Å². The number of halogens is 1. The highest BCUT2D eigenvalue weighted by Crippen LogP contribution is 2.36. The van der Waals surface area contributed by atoms with Gasteiger partial charge in [0.25, 0.3) is 0 Å². The first kappa shape index (κ1) is 20.2. The molecule has 5 rings (SSSR count). The van der Waals surface area contributed by atoms with Gasteiger partial charge in [0.2, 0.25) is 10.0 Å². The van der Waals surface area contributed by atoms with Crippen LogP contribution in [0, 0.1) is 0 Å². The lowest BCUT2D eigenvalue weighted by Crippen LogP contribution is -2.50. The van der Waals surface area contributed by atoms with Crippen LogP contribution >= 0.6 is 11.6 Å². The number of ether oxygens (including phenoxy) is 1. The lowest BCUT2D eigenvalue weighted by Gasteiger charge is -2.40. The van der Waals surface area contributed by atoms with Gasteiger partial charge in [0.15, 0.2) is 0 Å². The summed E-state index contributed by atoms with van der Waals surface area (Å²) in [4.78, 5) is 18.5. The molecule has 7 nitrogen and oxygen atoms in total. The SMILES string of the molecule is O=C1OCc2c(Cl)cccc2N1C1CCN(S(=O)(=O)c2cccc3cnccc23)CC1. The quantitative estimate of drug-likeness (QED) is 0.589. The van der Waals surface area contributed by atoms with E-state index in [4.69, 9.17) is 16.3 Å². The van der Waals surface area contributed by atoms with Crippen LogP contribution in [0.25, 0.3) is 10.8 Å². The van der Waals surface area contributed by atoms with Crippen LogP contribution in [0.15, 0.2) is 59.8 Å². The molecule has 1 amide bonds. The number of carbonyl (C=O) groups excluding carboxylic acids is 1. The van der Waals surface area contributed by atoms with E-state index in [1.807, 2.05) is 18.2 Å². The Morgan fingerprint density at radius 2 is 1.84 bits per heavy atom. The normalized spacial score (nSPS) is 18.1. The van der Waals surface area contributed by atoms with Crippen molar-refractivity contribution in [3.05, 3.63) is 65.4 Å². The topological polar surface area (TPSA) is 79.8 Å². The highest BCUT2D eigenvalue weighted by atomic mass is 35.5. The fraction of sp³-hybridized carbons (Fsp3) is 0.273. The second-order valence-corrected chi connectivity index (χ2v) is 9.96. The number of amides is 1. The number of rotatable bonds is 3. The van der Waals surface area contributed by atoms with E-state index >= 15 is 0 Å². The maximum absolute atomic E-state index is 13.4. The summed E-state index contributed by atoms with van der Waals surface area (Å²) in [6, 6.07) is 12.2. The minimum Gasteiger partial charge on any atom is -0.444 e. The molecule has 3 heterocycles. The van der Waals surface area contributed by atoms with Gasteiger partial charge in [0.05, 0.1) is 10.6 Å². The summed E-state index contributed by atoms with van der Waals surface area (Å²) < 4.78 is 33.6. The molecule has 1 fully saturated rings. The van der Waals surface area contributed by atoms with E-state index in [1.165, 1.54) is 4.31 Å². The van der Waals surface area contributed by atoms with Gasteiger partial charge in [-0.2, -0.15) is 4.31 Å². The number of anilines is 1. The maximum atomic E-state index is 13.4. The Hall–Kier alpha value is -2.68. The molecule has 2 aliphatic rings. The zero-order valence-electron chi connectivity index (χ0n) is 16.6. The fourth-order valence-electron chi connectivity index (χ4n) is 4.36. The summed E-state index contributed by atoms with van der Waals surface area (Å²) in [7, 11) is -3.67. The van der Waals surface area contributed by atoms with Gasteiger partial charge in [-0.25, -0.2) is 13.2 Å². The number of pyridine rings is 1. The number of sulfonamides is 1. The molecule has 0 radical (unpaired) electrons. The van der Waals surface area contributed by atoms with Crippen molar-refractivity contribution in [1.82, 2.24) is 9.29 Å². The zero-order chi connectivity index (χ0) is 21.6. The summed E-state index contributed by atoms with van der Waals surface area (Å²) in [5.41, 5.74) is 1.52. The molecule has 0 spiro atoms. The molecule has 2 aromatic carbocycles. The van der Waals surface area contributed by atoms with Crippen molar-refractivity contribution in [2.75, 3.05) is 18.0 Å². The van der Waals surface area contributed by atoms with Crippen LogP contribution in [0.3, 0.4) is 0 Å². The van der Waals surface area contributed by atoms with Crippen molar-refractivity contribution < 1.29 is 17.9 Å². The van der Waals surface area contributed by atoms with E-state index in [2.05, 4.69) is 4.98 Å². The van der Waals surface area contributed by atoms with Crippen LogP contribution in [0.4, 0.5) is 10.5 Å². The molecule has 1 saturated heterocycles. The number of aromatic nitrogens is 1. The number of nitrogens with zero attached hydrogens (tertiary/aromatic N) is 3. The molecule has 0 saturated carbocycles. The van der Waals surface area contributed by atoms with Crippen molar-refractivity contribution in [2.45, 2.75) is 30.4 Å². The van der Waals surface area contributed by atoms with Gasteiger partial charge >= 0.3 is 6.09 Å². The standard InChI is InChI=1S/C22H20ClN3O4S/c23-19-4-2-5-20-18(19)14-30-22(27)26(20)16-8-11-25(12-9-16)31(28,29)21-6-1-3-15-13-24-10-7-17(15)21/h1-7,10,13,16H,8-9,11-12,14H2. The predicted molar refractivity (Wildman–Crippen MR) is 118 cm³/mol. The van der Waals surface area contributed by atoms with E-state index in [-0.39, 0.29) is 17.5 Å². The molecule has 31 heavy (non-hydrogen) atoms. The first-order valence-electron chi connectivity index (χ1n) is 10.0. The monoisotopic (exact) mass is 457 g/mol. The Morgan fingerprint density at radius 3 is 2.65 bits per heavy atom. The highest BCUT2D eigenvalue weighted by Gasteiger charge is 2.37. The number of piperidine rings is 1. The van der Waals surface area contributed by atoms with Gasteiger partial charge < -0.3 is 4.74 Å². The number of cyclic esters (lactones) is 1. The second-order valence-electron chi connectivity index (χ2n) is 7.65. The summed E-state index contributed by atoms with van der Waals surface area (Å²) in [5.74, 6) is 0. The second kappa shape index (κ2) is 7.78. The summed E-state index contributed by atoms with van der Waals surface area (Å²) in [5, 5.41) is 1.99. The van der Waals surface area contributed by atoms with Crippen molar-refractivity contribution >= 4 is 44.2 Å². The predicted octanol–water partition coefficient (Wildman–Crippen LogP) is 4.20. The molecule has 2 aliphatic heterocycles. The van der Waals surface area contributed by atoms with Crippen molar-refractivity contribution in [2.24, 2.45) is 0 Å². The third-order valence-electron chi connectivity index (χ3n) is 5.94. The Bertz CT molecular complexity index is 1270. The Morgan fingerprint density at radius 1 is 1.06 bits per heavy atom. The molecule has 0 unspecified atom stereocenters. The summed E-state index contributed by atoms with van der Waals surface area (Å²) >= 11 is 6.28. The highest BCUT2D eigenvalue weighted by molar-refractivity contribution is 7.89. The number of hydrogen-bond donors (Lipinski definition) is 0. The van der Waals surface area contributed by atoms with E-state index in [0.29, 0.717) is 36.3 Å². The molecule has 0 N–H and O–H groups in total. The Balaban J connectivity index is 1.40. The van der Waals surface area contributed by atoms with Gasteiger partial charge in [0, 0.05) is 52.9 Å². The van der Waals surface area contributed by atoms with Crippen LogP contribution in [0.2, 0.25) is 5.02 Å². The van der Waals surface area contributed by atoms with E-state index in [0.717, 1.165) is 16.6 Å². The molecule has 0 aliphatic carbocycles. The number of hydrogen-bond acceptors (Lipinski definition) is 5. The number of carbonyl (C=O) groups is 1. The molecule has 0 bridgehead atoms. The third-order valence-corrected chi connectivity index (χ3v) is 8.25. The average molecular weight is 458 g/mol. The lowest BCUT2D eigenvalue weighted by molar-refractivity contribution is 0.136. The molecule has 0 atom stereocenters. The van der Waals surface area contributed by atoms with Gasteiger partial charge in [0.1, 0.15) is 6.61 Å². The summed E-state index contributed by atoms with van der Waals surface area (Å²) in [6.45, 7) is 0.774. The molecular formula is C22H20ClN3O4S. The van der Waals surface area contributed by atoms with Crippen LogP contribution in [-0.4, -0.2) is 42.9 Å². The lowest BCUT2D eigenvalue weighted by atomic mass is 10.0. The first-order valence-corrected chi connectivity index (χ1v) is 11.8. The summed E-state index contributed by atoms with van der Waals surface area (Å²) in [6.07, 6.45) is 3.85. The molecule has 3 aromatic rings. The van der Waals surface area contributed by atoms with Crippen LogP contribution in [-0.2, 0) is 21.4 Å².